The van der Waals surface area contributed by atoms with E-state index in [1.807, 2.05) is 0 Å². The van der Waals surface area contributed by atoms with Crippen molar-refractivity contribution < 1.29 is 24.2 Å². The number of rotatable bonds is 56. The first-order chi connectivity index (χ1) is 35.6. The SMILES string of the molecule is CC/C=C\C/C=C\C/C=C\C/C=C\C/C=C\CCCCCCCC(=O)OC(CO)COC(=O)CCCCCCCCCCCCCCCCCCCCCCCC/C=C\C/C=C\C/C=C\CCCCCCC. The van der Waals surface area contributed by atoms with Gasteiger partial charge in [0.05, 0.1) is 6.61 Å². The summed E-state index contributed by atoms with van der Waals surface area (Å²) in [5.74, 6) is -0.607. The molecule has 0 spiro atoms. The van der Waals surface area contributed by atoms with Crippen LogP contribution < -0.4 is 0 Å². The number of aliphatic hydroxyl groups excluding tert-OH is 1. The molecule has 5 heteroatoms. The van der Waals surface area contributed by atoms with E-state index in [-0.39, 0.29) is 25.2 Å². The van der Waals surface area contributed by atoms with Crippen molar-refractivity contribution in [3.05, 3.63) is 97.2 Å². The molecule has 1 unspecified atom stereocenters. The number of ether oxygens (including phenoxy) is 2. The number of hydrogen-bond donors (Lipinski definition) is 1. The zero-order valence-electron chi connectivity index (χ0n) is 47.4. The highest BCUT2D eigenvalue weighted by Gasteiger charge is 2.16. The van der Waals surface area contributed by atoms with Gasteiger partial charge >= 0.3 is 11.9 Å². The molecule has 0 aliphatic carbocycles. The third-order valence-electron chi connectivity index (χ3n) is 13.4. The lowest BCUT2D eigenvalue weighted by Crippen LogP contribution is -2.28. The van der Waals surface area contributed by atoms with Crippen LogP contribution in [0.1, 0.15) is 296 Å². The van der Waals surface area contributed by atoms with Crippen LogP contribution in [0.15, 0.2) is 97.2 Å². The van der Waals surface area contributed by atoms with Crippen molar-refractivity contribution in [2.75, 3.05) is 13.2 Å². The smallest absolute Gasteiger partial charge is 0.306 e. The van der Waals surface area contributed by atoms with E-state index in [0.29, 0.717) is 12.8 Å². The van der Waals surface area contributed by atoms with Crippen molar-refractivity contribution in [2.24, 2.45) is 0 Å². The number of hydrogen-bond acceptors (Lipinski definition) is 5. The molecule has 0 saturated carbocycles. The number of allylic oxidation sites excluding steroid dienone is 16. The van der Waals surface area contributed by atoms with E-state index in [1.165, 1.54) is 167 Å². The molecule has 0 aromatic rings. The van der Waals surface area contributed by atoms with Gasteiger partial charge < -0.3 is 14.6 Å². The highest BCUT2D eigenvalue weighted by atomic mass is 16.6. The van der Waals surface area contributed by atoms with E-state index in [2.05, 4.69) is 111 Å². The van der Waals surface area contributed by atoms with Gasteiger partial charge in [0.25, 0.3) is 0 Å². The van der Waals surface area contributed by atoms with Crippen LogP contribution in [0.4, 0.5) is 0 Å². The molecule has 0 saturated heterocycles. The van der Waals surface area contributed by atoms with Gasteiger partial charge in [-0.2, -0.15) is 0 Å². The average molecular weight is 1000 g/mol. The Morgan fingerprint density at radius 1 is 0.333 bits per heavy atom. The molecule has 0 rings (SSSR count). The summed E-state index contributed by atoms with van der Waals surface area (Å²) in [5.41, 5.74) is 0. The van der Waals surface area contributed by atoms with Crippen molar-refractivity contribution in [1.82, 2.24) is 0 Å². The topological polar surface area (TPSA) is 72.8 Å². The van der Waals surface area contributed by atoms with Crippen LogP contribution in [0.25, 0.3) is 0 Å². The van der Waals surface area contributed by atoms with Crippen LogP contribution in [0.5, 0.6) is 0 Å². The Morgan fingerprint density at radius 3 is 0.903 bits per heavy atom. The molecule has 72 heavy (non-hydrogen) atoms. The van der Waals surface area contributed by atoms with Gasteiger partial charge in [0.1, 0.15) is 6.61 Å². The van der Waals surface area contributed by atoms with Crippen LogP contribution in [0.2, 0.25) is 0 Å². The summed E-state index contributed by atoms with van der Waals surface area (Å²) in [6.07, 6.45) is 88.4. The second kappa shape index (κ2) is 62.1. The Balaban J connectivity index is 3.46. The molecular formula is C67H116O5. The predicted octanol–water partition coefficient (Wildman–Crippen LogP) is 21.1. The van der Waals surface area contributed by atoms with E-state index in [0.717, 1.165) is 103 Å². The molecule has 0 heterocycles. The van der Waals surface area contributed by atoms with Gasteiger partial charge in [0.2, 0.25) is 0 Å². The van der Waals surface area contributed by atoms with Crippen LogP contribution in [0.3, 0.4) is 0 Å². The fraction of sp³-hybridized carbons (Fsp3) is 0.731. The van der Waals surface area contributed by atoms with Crippen molar-refractivity contribution in [3.8, 4) is 0 Å². The van der Waals surface area contributed by atoms with Crippen molar-refractivity contribution >= 4 is 11.9 Å². The van der Waals surface area contributed by atoms with Crippen LogP contribution in [-0.4, -0.2) is 36.4 Å². The molecule has 5 nitrogen and oxygen atoms in total. The van der Waals surface area contributed by atoms with Gasteiger partial charge in [-0.3, -0.25) is 9.59 Å². The maximum Gasteiger partial charge on any atom is 0.306 e. The second-order valence-corrected chi connectivity index (χ2v) is 20.4. The van der Waals surface area contributed by atoms with Gasteiger partial charge in [-0.25, -0.2) is 0 Å². The third kappa shape index (κ3) is 59.4. The molecule has 0 bridgehead atoms. The van der Waals surface area contributed by atoms with Crippen molar-refractivity contribution in [1.29, 1.82) is 0 Å². The Hall–Kier alpha value is -3.18. The maximum atomic E-state index is 12.3. The lowest BCUT2D eigenvalue weighted by molar-refractivity contribution is -0.161. The number of carbonyl (C=O) groups excluding carboxylic acids is 2. The van der Waals surface area contributed by atoms with Crippen molar-refractivity contribution in [2.45, 2.75) is 302 Å². The van der Waals surface area contributed by atoms with Crippen LogP contribution in [-0.2, 0) is 19.1 Å². The lowest BCUT2D eigenvalue weighted by atomic mass is 10.0. The summed E-state index contributed by atoms with van der Waals surface area (Å²) in [5, 5.41) is 9.66. The fourth-order valence-corrected chi connectivity index (χ4v) is 8.77. The number of aliphatic hydroxyl groups is 1. The monoisotopic (exact) mass is 1000 g/mol. The van der Waals surface area contributed by atoms with E-state index in [4.69, 9.17) is 9.47 Å². The summed E-state index contributed by atoms with van der Waals surface area (Å²) in [6.45, 7) is 4.02. The zero-order chi connectivity index (χ0) is 52.0. The summed E-state index contributed by atoms with van der Waals surface area (Å²) < 4.78 is 10.7. The molecular weight excluding hydrogens is 885 g/mol. The first-order valence-corrected chi connectivity index (χ1v) is 30.8. The highest BCUT2D eigenvalue weighted by Crippen LogP contribution is 2.17. The number of unbranched alkanes of at least 4 members (excludes halogenated alkanes) is 32. The standard InChI is InChI=1S/C67H116O5/c1-3-5-7-9-11-13-15-17-19-21-23-25-26-27-28-29-30-31-32-33-34-35-36-37-38-39-40-42-43-45-47-49-51-53-55-57-59-61-66(69)71-64-65(63-68)72-67(70)62-60-58-56-54-52-50-48-46-44-41-24-22-20-18-16-14-12-10-8-6-4-2/h6,8,12,14-15,17-18,20-21,23-24,26-27,41,46,48,65,68H,3-5,7,9-11,13,16,19,22,25,28-40,42-45,47,49-64H2,1-2H3/b8-6-,14-12-,17-15-,20-18-,23-21-,27-26-,41-24-,48-46-. The molecule has 0 fully saturated rings. The first-order valence-electron chi connectivity index (χ1n) is 30.8. The first kappa shape index (κ1) is 68.8. The quantitative estimate of drug-likeness (QED) is 0.0373. The molecule has 0 aliphatic heterocycles. The number of esters is 2. The normalized spacial score (nSPS) is 12.9. The van der Waals surface area contributed by atoms with Crippen LogP contribution in [0, 0.1) is 0 Å². The van der Waals surface area contributed by atoms with E-state index in [9.17, 15) is 14.7 Å². The molecule has 0 amide bonds. The largest absolute Gasteiger partial charge is 0.462 e. The van der Waals surface area contributed by atoms with E-state index >= 15 is 0 Å². The molecule has 0 radical (unpaired) electrons. The van der Waals surface area contributed by atoms with E-state index in [1.54, 1.807) is 0 Å². The molecule has 0 aliphatic rings. The Kier molecular flexibility index (Phi) is 59.4. The molecule has 0 aromatic carbocycles. The second-order valence-electron chi connectivity index (χ2n) is 20.4. The predicted molar refractivity (Wildman–Crippen MR) is 316 cm³/mol. The molecule has 414 valence electrons. The minimum absolute atomic E-state index is 0.0759. The van der Waals surface area contributed by atoms with E-state index < -0.39 is 6.10 Å². The Labute approximate surface area is 447 Å². The van der Waals surface area contributed by atoms with Gasteiger partial charge in [0, 0.05) is 12.8 Å². The van der Waals surface area contributed by atoms with Crippen molar-refractivity contribution in [3.63, 3.8) is 0 Å². The maximum absolute atomic E-state index is 12.3. The highest BCUT2D eigenvalue weighted by molar-refractivity contribution is 5.70. The Bertz CT molecular complexity index is 1360. The lowest BCUT2D eigenvalue weighted by Gasteiger charge is -2.15. The third-order valence-corrected chi connectivity index (χ3v) is 13.4. The fourth-order valence-electron chi connectivity index (χ4n) is 8.77. The minimum Gasteiger partial charge on any atom is -0.462 e. The molecule has 0 aromatic heterocycles. The zero-order valence-corrected chi connectivity index (χ0v) is 47.4. The van der Waals surface area contributed by atoms with Gasteiger partial charge in [0.15, 0.2) is 6.10 Å². The number of carbonyl (C=O) groups is 2. The molecule has 1 N–H and O–H groups in total. The summed E-state index contributed by atoms with van der Waals surface area (Å²) in [7, 11) is 0. The van der Waals surface area contributed by atoms with Gasteiger partial charge in [-0.1, -0.05) is 284 Å². The van der Waals surface area contributed by atoms with Crippen LogP contribution >= 0.6 is 0 Å². The Morgan fingerprint density at radius 2 is 0.597 bits per heavy atom. The minimum atomic E-state index is -0.787. The van der Waals surface area contributed by atoms with Gasteiger partial charge in [-0.15, -0.1) is 0 Å². The van der Waals surface area contributed by atoms with Gasteiger partial charge in [-0.05, 0) is 96.3 Å². The average Bonchev–Trinajstić information content (AvgIpc) is 3.38. The summed E-state index contributed by atoms with van der Waals surface area (Å²) >= 11 is 0. The summed E-state index contributed by atoms with van der Waals surface area (Å²) in [6, 6.07) is 0. The summed E-state index contributed by atoms with van der Waals surface area (Å²) in [4.78, 5) is 24.5. The molecule has 1 atom stereocenters.